The number of amides is 1. The average molecular weight is 309 g/mol. The van der Waals surface area contributed by atoms with Crippen LogP contribution in [0.15, 0.2) is 4.99 Å². The number of nitrogens with one attached hydrogen (secondary N) is 3. The average Bonchev–Trinajstić information content (AvgIpc) is 3.37. The molecule has 1 saturated carbocycles. The molecule has 0 bridgehead atoms. The third-order valence-corrected chi connectivity index (χ3v) is 4.14. The van der Waals surface area contributed by atoms with Crippen molar-refractivity contribution in [3.63, 3.8) is 0 Å². The molecule has 1 amide bonds. The fraction of sp³-hybridized carbons (Fsp3) is 0.875. The number of guanidine groups is 1. The van der Waals surface area contributed by atoms with Crippen molar-refractivity contribution in [2.75, 3.05) is 45.8 Å². The van der Waals surface area contributed by atoms with Crippen LogP contribution in [0.3, 0.4) is 0 Å². The van der Waals surface area contributed by atoms with Crippen LogP contribution < -0.4 is 16.0 Å². The first-order valence-corrected chi connectivity index (χ1v) is 8.82. The van der Waals surface area contributed by atoms with E-state index in [0.717, 1.165) is 38.4 Å². The van der Waals surface area contributed by atoms with Gasteiger partial charge in [0.2, 0.25) is 5.91 Å². The van der Waals surface area contributed by atoms with Gasteiger partial charge in [0.25, 0.3) is 0 Å². The number of carbonyl (C=O) groups excluding carboxylic acids is 1. The van der Waals surface area contributed by atoms with Crippen molar-refractivity contribution in [3.8, 4) is 0 Å². The van der Waals surface area contributed by atoms with Crippen LogP contribution >= 0.6 is 0 Å². The molecular formula is C16H31N5O. The SMILES string of the molecule is CCNC(=NCCN1CCCCC1)NCCNC(=O)C1CC1. The van der Waals surface area contributed by atoms with Crippen LogP contribution in [0.4, 0.5) is 0 Å². The molecule has 0 radical (unpaired) electrons. The second kappa shape index (κ2) is 9.66. The quantitative estimate of drug-likeness (QED) is 0.348. The molecule has 22 heavy (non-hydrogen) atoms. The summed E-state index contributed by atoms with van der Waals surface area (Å²) in [5, 5.41) is 9.49. The second-order valence-corrected chi connectivity index (χ2v) is 6.16. The second-order valence-electron chi connectivity index (χ2n) is 6.16. The molecule has 2 rings (SSSR count). The molecule has 6 heteroatoms. The summed E-state index contributed by atoms with van der Waals surface area (Å²) in [6, 6.07) is 0. The highest BCUT2D eigenvalue weighted by Crippen LogP contribution is 2.28. The molecule has 1 aliphatic carbocycles. The minimum Gasteiger partial charge on any atom is -0.357 e. The lowest BCUT2D eigenvalue weighted by Crippen LogP contribution is -2.42. The van der Waals surface area contributed by atoms with Gasteiger partial charge in [-0.2, -0.15) is 0 Å². The Labute approximate surface area is 134 Å². The summed E-state index contributed by atoms with van der Waals surface area (Å²) in [5.41, 5.74) is 0. The van der Waals surface area contributed by atoms with Crippen LogP contribution in [0.5, 0.6) is 0 Å². The van der Waals surface area contributed by atoms with Gasteiger partial charge in [-0.05, 0) is 45.7 Å². The van der Waals surface area contributed by atoms with Crippen molar-refractivity contribution in [2.24, 2.45) is 10.9 Å². The number of carbonyl (C=O) groups is 1. The molecule has 0 aromatic carbocycles. The topological polar surface area (TPSA) is 68.8 Å². The van der Waals surface area contributed by atoms with E-state index in [0.29, 0.717) is 13.1 Å². The minimum atomic E-state index is 0.203. The number of hydrogen-bond acceptors (Lipinski definition) is 3. The predicted octanol–water partition coefficient (Wildman–Crippen LogP) is 0.554. The summed E-state index contributed by atoms with van der Waals surface area (Å²) in [6.45, 7) is 8.58. The van der Waals surface area contributed by atoms with Crippen LogP contribution in [-0.2, 0) is 4.79 Å². The number of nitrogens with zero attached hydrogens (tertiary/aromatic N) is 2. The number of hydrogen-bond donors (Lipinski definition) is 3. The first-order chi connectivity index (χ1) is 10.8. The number of rotatable bonds is 8. The molecule has 2 aliphatic rings. The summed E-state index contributed by atoms with van der Waals surface area (Å²) in [7, 11) is 0. The van der Waals surface area contributed by atoms with E-state index in [4.69, 9.17) is 0 Å². The lowest BCUT2D eigenvalue weighted by Gasteiger charge is -2.25. The zero-order chi connectivity index (χ0) is 15.6. The fourth-order valence-corrected chi connectivity index (χ4v) is 2.68. The van der Waals surface area contributed by atoms with Crippen LogP contribution in [0.25, 0.3) is 0 Å². The first kappa shape index (κ1) is 17.1. The van der Waals surface area contributed by atoms with E-state index < -0.39 is 0 Å². The summed E-state index contributed by atoms with van der Waals surface area (Å²) in [6.07, 6.45) is 6.13. The Hall–Kier alpha value is -1.30. The minimum absolute atomic E-state index is 0.203. The molecule has 0 spiro atoms. The summed E-state index contributed by atoms with van der Waals surface area (Å²) in [4.78, 5) is 18.6. The molecule has 0 aromatic rings. The van der Waals surface area contributed by atoms with Gasteiger partial charge in [-0.1, -0.05) is 6.42 Å². The van der Waals surface area contributed by atoms with E-state index in [1.54, 1.807) is 0 Å². The Kier molecular flexibility index (Phi) is 7.49. The Morgan fingerprint density at radius 2 is 1.82 bits per heavy atom. The summed E-state index contributed by atoms with van der Waals surface area (Å²) < 4.78 is 0. The smallest absolute Gasteiger partial charge is 0.223 e. The molecule has 1 saturated heterocycles. The van der Waals surface area contributed by atoms with Crippen molar-refractivity contribution in [1.29, 1.82) is 0 Å². The molecule has 2 fully saturated rings. The van der Waals surface area contributed by atoms with E-state index in [2.05, 4.69) is 32.8 Å². The van der Waals surface area contributed by atoms with Gasteiger partial charge >= 0.3 is 0 Å². The van der Waals surface area contributed by atoms with Crippen LogP contribution in [-0.4, -0.2) is 62.6 Å². The van der Waals surface area contributed by atoms with E-state index in [9.17, 15) is 4.79 Å². The summed E-state index contributed by atoms with van der Waals surface area (Å²) in [5.74, 6) is 1.33. The van der Waals surface area contributed by atoms with E-state index in [1.165, 1.54) is 32.4 Å². The lowest BCUT2D eigenvalue weighted by atomic mass is 10.1. The van der Waals surface area contributed by atoms with E-state index in [-0.39, 0.29) is 11.8 Å². The third kappa shape index (κ3) is 6.64. The van der Waals surface area contributed by atoms with Gasteiger partial charge in [-0.25, -0.2) is 0 Å². The highest BCUT2D eigenvalue weighted by molar-refractivity contribution is 5.81. The third-order valence-electron chi connectivity index (χ3n) is 4.14. The Morgan fingerprint density at radius 1 is 1.09 bits per heavy atom. The number of aliphatic imine (C=N–C) groups is 1. The van der Waals surface area contributed by atoms with Gasteiger partial charge in [0.1, 0.15) is 0 Å². The van der Waals surface area contributed by atoms with Gasteiger partial charge in [-0.15, -0.1) is 0 Å². The van der Waals surface area contributed by atoms with Crippen LogP contribution in [0.2, 0.25) is 0 Å². The van der Waals surface area contributed by atoms with Crippen molar-refractivity contribution < 1.29 is 4.79 Å². The number of piperidine rings is 1. The molecular weight excluding hydrogens is 278 g/mol. The monoisotopic (exact) mass is 309 g/mol. The zero-order valence-electron chi connectivity index (χ0n) is 13.9. The molecule has 0 unspecified atom stereocenters. The van der Waals surface area contributed by atoms with Gasteiger partial charge in [0.05, 0.1) is 6.54 Å². The first-order valence-electron chi connectivity index (χ1n) is 8.82. The van der Waals surface area contributed by atoms with Crippen LogP contribution in [0.1, 0.15) is 39.0 Å². The largest absolute Gasteiger partial charge is 0.357 e. The highest BCUT2D eigenvalue weighted by atomic mass is 16.2. The van der Waals surface area contributed by atoms with E-state index >= 15 is 0 Å². The maximum absolute atomic E-state index is 11.5. The van der Waals surface area contributed by atoms with Gasteiger partial charge in [-0.3, -0.25) is 9.79 Å². The van der Waals surface area contributed by atoms with Crippen molar-refractivity contribution in [1.82, 2.24) is 20.9 Å². The lowest BCUT2D eigenvalue weighted by molar-refractivity contribution is -0.122. The molecule has 0 atom stereocenters. The van der Waals surface area contributed by atoms with Gasteiger partial charge in [0.15, 0.2) is 5.96 Å². The standard InChI is InChI=1S/C16H31N5O/c1-2-17-16(19-9-8-18-15(22)14-6-7-14)20-10-13-21-11-4-3-5-12-21/h14H,2-13H2,1H3,(H,18,22)(H2,17,19,20). The van der Waals surface area contributed by atoms with Gasteiger partial charge < -0.3 is 20.9 Å². The van der Waals surface area contributed by atoms with E-state index in [1.807, 2.05) is 0 Å². The Balaban J connectivity index is 1.59. The Morgan fingerprint density at radius 3 is 2.50 bits per heavy atom. The molecule has 3 N–H and O–H groups in total. The highest BCUT2D eigenvalue weighted by Gasteiger charge is 2.28. The van der Waals surface area contributed by atoms with Gasteiger partial charge in [0, 0.05) is 32.1 Å². The fourth-order valence-electron chi connectivity index (χ4n) is 2.68. The maximum Gasteiger partial charge on any atom is 0.223 e. The maximum atomic E-state index is 11.5. The molecule has 126 valence electrons. The number of likely N-dealkylation sites (tertiary alicyclic amines) is 1. The summed E-state index contributed by atoms with van der Waals surface area (Å²) >= 11 is 0. The molecule has 1 aliphatic heterocycles. The normalized spacial score (nSPS) is 19.8. The molecule has 1 heterocycles. The molecule has 6 nitrogen and oxygen atoms in total. The molecule has 0 aromatic heterocycles. The van der Waals surface area contributed by atoms with Crippen molar-refractivity contribution >= 4 is 11.9 Å². The predicted molar refractivity (Wildman–Crippen MR) is 90.0 cm³/mol. The van der Waals surface area contributed by atoms with Crippen molar-refractivity contribution in [2.45, 2.75) is 39.0 Å². The van der Waals surface area contributed by atoms with Crippen molar-refractivity contribution in [3.05, 3.63) is 0 Å². The zero-order valence-corrected chi connectivity index (χ0v) is 13.9. The van der Waals surface area contributed by atoms with Crippen LogP contribution in [0, 0.1) is 5.92 Å². The Bertz CT molecular complexity index is 362.